The van der Waals surface area contributed by atoms with Gasteiger partial charge in [-0.3, -0.25) is 4.90 Å². The van der Waals surface area contributed by atoms with Crippen LogP contribution >= 0.6 is 11.3 Å². The van der Waals surface area contributed by atoms with E-state index >= 15 is 0 Å². The molecular weight excluding hydrogens is 380 g/mol. The van der Waals surface area contributed by atoms with Crippen LogP contribution in [0.25, 0.3) is 10.8 Å². The largest absolute Gasteiger partial charge is 0.379 e. The molecule has 1 aromatic heterocycles. The molecule has 0 radical (unpaired) electrons. The zero-order chi connectivity index (χ0) is 18.7. The third kappa shape index (κ3) is 4.07. The number of morpholine rings is 1. The molecule has 0 saturated carbocycles. The number of ether oxygens (including phenoxy) is 1. The summed E-state index contributed by atoms with van der Waals surface area (Å²) in [6.45, 7) is 3.29. The standard InChI is InChI=1S/C20H22N2O3S2/c23-27(24,20-7-3-5-16-4-1-2-6-18(16)20)21-14-19(17-8-13-26-15-17)22-9-11-25-12-10-22/h1-8,13,15,19,21H,9-12,14H2/t19-/m0/s1. The lowest BCUT2D eigenvalue weighted by molar-refractivity contribution is 0.0173. The van der Waals surface area contributed by atoms with E-state index in [0.29, 0.717) is 24.7 Å². The molecule has 5 nitrogen and oxygen atoms in total. The zero-order valence-corrected chi connectivity index (χ0v) is 16.5. The van der Waals surface area contributed by atoms with Gasteiger partial charge in [0.15, 0.2) is 0 Å². The quantitative estimate of drug-likeness (QED) is 0.688. The summed E-state index contributed by atoms with van der Waals surface area (Å²) < 4.78 is 34.4. The van der Waals surface area contributed by atoms with E-state index in [0.717, 1.165) is 29.4 Å². The minimum atomic E-state index is -3.62. The molecule has 142 valence electrons. The number of hydrogen-bond donors (Lipinski definition) is 1. The number of nitrogens with zero attached hydrogens (tertiary/aromatic N) is 1. The molecule has 1 saturated heterocycles. The van der Waals surface area contributed by atoms with Crippen LogP contribution in [-0.4, -0.2) is 46.2 Å². The highest BCUT2D eigenvalue weighted by Gasteiger charge is 2.26. The SMILES string of the molecule is O=S(=O)(NC[C@@H](c1ccsc1)N1CCOCC1)c1cccc2ccccc12. The molecule has 1 atom stereocenters. The first kappa shape index (κ1) is 18.6. The van der Waals surface area contributed by atoms with Crippen molar-refractivity contribution in [1.82, 2.24) is 9.62 Å². The second kappa shape index (κ2) is 8.08. The lowest BCUT2D eigenvalue weighted by Gasteiger charge is -2.34. The van der Waals surface area contributed by atoms with Crippen LogP contribution in [0.2, 0.25) is 0 Å². The minimum absolute atomic E-state index is 0.00454. The first-order valence-electron chi connectivity index (χ1n) is 8.96. The van der Waals surface area contributed by atoms with Gasteiger partial charge in [-0.1, -0.05) is 36.4 Å². The smallest absolute Gasteiger partial charge is 0.241 e. The number of benzene rings is 2. The maximum Gasteiger partial charge on any atom is 0.241 e. The lowest BCUT2D eigenvalue weighted by Crippen LogP contribution is -2.43. The second-order valence-corrected chi connectivity index (χ2v) is 9.07. The highest BCUT2D eigenvalue weighted by atomic mass is 32.2. The Bertz CT molecular complexity index is 992. The highest BCUT2D eigenvalue weighted by Crippen LogP contribution is 2.26. The van der Waals surface area contributed by atoms with Crippen LogP contribution < -0.4 is 4.72 Å². The van der Waals surface area contributed by atoms with Crippen molar-refractivity contribution >= 4 is 32.1 Å². The average molecular weight is 403 g/mol. The Morgan fingerprint density at radius 1 is 1.07 bits per heavy atom. The number of rotatable bonds is 6. The van der Waals surface area contributed by atoms with E-state index in [-0.39, 0.29) is 6.04 Å². The van der Waals surface area contributed by atoms with E-state index in [1.807, 2.05) is 35.7 Å². The molecule has 0 spiro atoms. The highest BCUT2D eigenvalue weighted by molar-refractivity contribution is 7.89. The Morgan fingerprint density at radius 3 is 2.63 bits per heavy atom. The van der Waals surface area contributed by atoms with Gasteiger partial charge in [0.2, 0.25) is 10.0 Å². The van der Waals surface area contributed by atoms with Gasteiger partial charge in [-0.25, -0.2) is 13.1 Å². The topological polar surface area (TPSA) is 58.6 Å². The molecule has 1 fully saturated rings. The van der Waals surface area contributed by atoms with Crippen molar-refractivity contribution in [3.8, 4) is 0 Å². The fourth-order valence-electron chi connectivity index (χ4n) is 3.51. The first-order valence-corrected chi connectivity index (χ1v) is 11.4. The molecule has 1 N–H and O–H groups in total. The third-order valence-corrected chi connectivity index (χ3v) is 7.10. The third-order valence-electron chi connectivity index (χ3n) is 4.92. The van der Waals surface area contributed by atoms with Crippen LogP contribution in [0.15, 0.2) is 64.2 Å². The molecule has 2 heterocycles. The van der Waals surface area contributed by atoms with Crippen molar-refractivity contribution in [3.63, 3.8) is 0 Å². The maximum atomic E-state index is 13.1. The molecule has 3 aromatic rings. The van der Waals surface area contributed by atoms with E-state index in [1.165, 1.54) is 0 Å². The molecule has 0 unspecified atom stereocenters. The van der Waals surface area contributed by atoms with Gasteiger partial charge in [-0.15, -0.1) is 0 Å². The van der Waals surface area contributed by atoms with Crippen LogP contribution in [0.1, 0.15) is 11.6 Å². The molecule has 2 aromatic carbocycles. The summed E-state index contributed by atoms with van der Waals surface area (Å²) >= 11 is 1.63. The van der Waals surface area contributed by atoms with Crippen LogP contribution in [0.3, 0.4) is 0 Å². The summed E-state index contributed by atoms with van der Waals surface area (Å²) in [7, 11) is -3.62. The number of thiophene rings is 1. The predicted molar refractivity (Wildman–Crippen MR) is 109 cm³/mol. The van der Waals surface area contributed by atoms with Gasteiger partial charge < -0.3 is 4.74 Å². The Labute approximate surface area is 163 Å². The summed E-state index contributed by atoms with van der Waals surface area (Å²) in [6, 6.07) is 15.0. The van der Waals surface area contributed by atoms with Crippen LogP contribution in [0.4, 0.5) is 0 Å². The summed E-state index contributed by atoms with van der Waals surface area (Å²) in [5.41, 5.74) is 1.14. The first-order chi connectivity index (χ1) is 13.1. The fraction of sp³-hybridized carbons (Fsp3) is 0.300. The number of nitrogens with one attached hydrogen (secondary N) is 1. The molecular formula is C20H22N2O3S2. The number of sulfonamides is 1. The van der Waals surface area contributed by atoms with Crippen molar-refractivity contribution < 1.29 is 13.2 Å². The monoisotopic (exact) mass is 402 g/mol. The Kier molecular flexibility index (Phi) is 5.56. The van der Waals surface area contributed by atoms with E-state index in [1.54, 1.807) is 23.5 Å². The summed E-state index contributed by atoms with van der Waals surface area (Å²) in [5.74, 6) is 0. The molecule has 7 heteroatoms. The van der Waals surface area contributed by atoms with E-state index in [2.05, 4.69) is 21.1 Å². The molecule has 1 aliphatic rings. The molecule has 0 aliphatic carbocycles. The number of hydrogen-bond acceptors (Lipinski definition) is 5. The van der Waals surface area contributed by atoms with E-state index in [9.17, 15) is 8.42 Å². The fourth-order valence-corrected chi connectivity index (χ4v) is 5.48. The van der Waals surface area contributed by atoms with Gasteiger partial charge in [0, 0.05) is 31.1 Å². The Hall–Kier alpha value is -1.77. The summed E-state index contributed by atoms with van der Waals surface area (Å²) in [5, 5.41) is 5.78. The summed E-state index contributed by atoms with van der Waals surface area (Å²) in [4.78, 5) is 2.61. The van der Waals surface area contributed by atoms with E-state index in [4.69, 9.17) is 4.74 Å². The minimum Gasteiger partial charge on any atom is -0.379 e. The predicted octanol–water partition coefficient (Wildman–Crippen LogP) is 3.25. The Morgan fingerprint density at radius 2 is 1.85 bits per heavy atom. The average Bonchev–Trinajstić information content (AvgIpc) is 3.23. The van der Waals surface area contributed by atoms with Crippen molar-refractivity contribution in [2.75, 3.05) is 32.8 Å². The van der Waals surface area contributed by atoms with Gasteiger partial charge in [-0.05, 0) is 33.8 Å². The lowest BCUT2D eigenvalue weighted by atomic mass is 10.1. The Balaban J connectivity index is 1.59. The van der Waals surface area contributed by atoms with Crippen molar-refractivity contribution in [2.45, 2.75) is 10.9 Å². The van der Waals surface area contributed by atoms with Gasteiger partial charge in [-0.2, -0.15) is 11.3 Å². The molecule has 4 rings (SSSR count). The molecule has 0 amide bonds. The summed E-state index contributed by atoms with van der Waals surface area (Å²) in [6.07, 6.45) is 0. The molecule has 0 bridgehead atoms. The molecule has 1 aliphatic heterocycles. The maximum absolute atomic E-state index is 13.1. The van der Waals surface area contributed by atoms with Crippen molar-refractivity contribution in [1.29, 1.82) is 0 Å². The normalized spacial score (nSPS) is 17.2. The van der Waals surface area contributed by atoms with Gasteiger partial charge >= 0.3 is 0 Å². The molecule has 27 heavy (non-hydrogen) atoms. The van der Waals surface area contributed by atoms with Crippen LogP contribution in [0, 0.1) is 0 Å². The van der Waals surface area contributed by atoms with Crippen LogP contribution in [-0.2, 0) is 14.8 Å². The van der Waals surface area contributed by atoms with Gasteiger partial charge in [0.25, 0.3) is 0 Å². The van der Waals surface area contributed by atoms with Crippen LogP contribution in [0.5, 0.6) is 0 Å². The van der Waals surface area contributed by atoms with Gasteiger partial charge in [0.05, 0.1) is 18.1 Å². The second-order valence-electron chi connectivity index (χ2n) is 6.55. The number of fused-ring (bicyclic) bond motifs is 1. The van der Waals surface area contributed by atoms with Crippen molar-refractivity contribution in [3.05, 3.63) is 64.9 Å². The van der Waals surface area contributed by atoms with Crippen molar-refractivity contribution in [2.24, 2.45) is 0 Å². The van der Waals surface area contributed by atoms with E-state index < -0.39 is 10.0 Å². The van der Waals surface area contributed by atoms with Gasteiger partial charge in [0.1, 0.15) is 0 Å². The zero-order valence-electron chi connectivity index (χ0n) is 14.9.